The van der Waals surface area contributed by atoms with Crippen molar-refractivity contribution in [3.05, 3.63) is 59.2 Å². The summed E-state index contributed by atoms with van der Waals surface area (Å²) in [7, 11) is -5.95. The molecule has 0 fully saturated rings. The van der Waals surface area contributed by atoms with Crippen LogP contribution in [0, 0.1) is 6.92 Å². The van der Waals surface area contributed by atoms with Gasteiger partial charge < -0.3 is 15.2 Å². The molecule has 0 bridgehead atoms. The highest BCUT2D eigenvalue weighted by atomic mass is 35.5. The van der Waals surface area contributed by atoms with Crippen LogP contribution in [0.2, 0.25) is 5.02 Å². The molecule has 1 heterocycles. The summed E-state index contributed by atoms with van der Waals surface area (Å²) in [6, 6.07) is 12.2. The van der Waals surface area contributed by atoms with Gasteiger partial charge in [-0.15, -0.1) is 0 Å². The molecule has 0 spiro atoms. The number of nitrogens with zero attached hydrogens (tertiary/aromatic N) is 2. The van der Waals surface area contributed by atoms with Crippen molar-refractivity contribution in [2.75, 3.05) is 24.0 Å². The molecule has 0 radical (unpaired) electrons. The molecular weight excluding hydrogens is 467 g/mol. The average Bonchev–Trinajstić information content (AvgIpc) is 2.71. The molecule has 0 saturated carbocycles. The largest absolute Gasteiger partial charge is 0.338 e. The topological polar surface area (TPSA) is 101 Å². The summed E-state index contributed by atoms with van der Waals surface area (Å²) >= 11 is 6.29. The van der Waals surface area contributed by atoms with Crippen LogP contribution in [-0.2, 0) is 14.4 Å². The van der Waals surface area contributed by atoms with Crippen LogP contribution in [0.15, 0.2) is 53.6 Å². The molecule has 0 saturated heterocycles. The highest BCUT2D eigenvalue weighted by molar-refractivity contribution is 7.92. The van der Waals surface area contributed by atoms with Crippen molar-refractivity contribution in [2.45, 2.75) is 30.9 Å². The van der Waals surface area contributed by atoms with E-state index in [1.54, 1.807) is 51.4 Å². The highest BCUT2D eigenvalue weighted by Gasteiger charge is 2.23. The smallest absolute Gasteiger partial charge is 0.229 e. The van der Waals surface area contributed by atoms with E-state index in [-0.39, 0.29) is 21.7 Å². The summed E-state index contributed by atoms with van der Waals surface area (Å²) in [5.74, 6) is 0.532. The summed E-state index contributed by atoms with van der Waals surface area (Å²) in [5.41, 5.74) is 2.04. The van der Waals surface area contributed by atoms with Crippen molar-refractivity contribution >= 4 is 57.0 Å². The molecule has 3 rings (SSSR count). The standard InChI is InChI=1S/C22H26ClN4O3PS/c1-14(2)32(29,30)20-9-7-6-8-18(20)25-21-17(23)13-24-22(27-21)26-19-12-16(31(4,5)28)11-10-15(19)3/h6-14H,1-5H3,(H2,24,25,26,27). The Morgan fingerprint density at radius 2 is 1.72 bits per heavy atom. The van der Waals surface area contributed by atoms with Crippen LogP contribution >= 0.6 is 18.7 Å². The molecule has 2 N–H and O–H groups in total. The van der Waals surface area contributed by atoms with Crippen molar-refractivity contribution < 1.29 is 13.0 Å². The Balaban J connectivity index is 1.97. The fourth-order valence-corrected chi connectivity index (χ4v) is 5.13. The maximum atomic E-state index is 12.7. The number of nitrogens with one attached hydrogen (secondary N) is 2. The number of para-hydroxylation sites is 1. The van der Waals surface area contributed by atoms with E-state index in [0.717, 1.165) is 16.6 Å². The third kappa shape index (κ3) is 5.31. The third-order valence-corrected chi connectivity index (χ3v) is 8.91. The van der Waals surface area contributed by atoms with Gasteiger partial charge in [-0.2, -0.15) is 4.98 Å². The zero-order chi connectivity index (χ0) is 23.7. The van der Waals surface area contributed by atoms with Gasteiger partial charge in [-0.3, -0.25) is 0 Å². The van der Waals surface area contributed by atoms with Crippen LogP contribution in [0.3, 0.4) is 0 Å². The van der Waals surface area contributed by atoms with Crippen LogP contribution in [0.4, 0.5) is 23.1 Å². The van der Waals surface area contributed by atoms with Crippen molar-refractivity contribution in [3.63, 3.8) is 0 Å². The molecule has 0 atom stereocenters. The van der Waals surface area contributed by atoms with Gasteiger partial charge in [0.1, 0.15) is 12.2 Å². The van der Waals surface area contributed by atoms with Crippen LogP contribution < -0.4 is 15.9 Å². The van der Waals surface area contributed by atoms with Gasteiger partial charge in [0.15, 0.2) is 15.7 Å². The molecule has 0 aliphatic rings. The number of halogens is 1. The number of sulfone groups is 1. The molecule has 0 aliphatic heterocycles. The minimum atomic E-state index is -3.51. The van der Waals surface area contributed by atoms with E-state index in [0.29, 0.717) is 5.69 Å². The molecule has 0 unspecified atom stereocenters. The van der Waals surface area contributed by atoms with Gasteiger partial charge in [0, 0.05) is 11.0 Å². The lowest BCUT2D eigenvalue weighted by Crippen LogP contribution is -2.15. The molecule has 2 aromatic carbocycles. The van der Waals surface area contributed by atoms with E-state index in [1.165, 1.54) is 6.20 Å². The Bertz CT molecular complexity index is 1310. The Morgan fingerprint density at radius 1 is 1.03 bits per heavy atom. The first-order valence-electron chi connectivity index (χ1n) is 9.95. The van der Waals surface area contributed by atoms with E-state index in [1.807, 2.05) is 25.1 Å². The van der Waals surface area contributed by atoms with Gasteiger partial charge >= 0.3 is 0 Å². The molecule has 10 heteroatoms. The summed E-state index contributed by atoms with van der Waals surface area (Å²) in [4.78, 5) is 8.83. The van der Waals surface area contributed by atoms with E-state index in [9.17, 15) is 13.0 Å². The first kappa shape index (κ1) is 24.2. The van der Waals surface area contributed by atoms with Gasteiger partial charge in [0.25, 0.3) is 0 Å². The second kappa shape index (κ2) is 9.22. The number of aromatic nitrogens is 2. The Kier molecular flexibility index (Phi) is 6.98. The van der Waals surface area contributed by atoms with E-state index in [2.05, 4.69) is 20.6 Å². The molecular formula is C22H26ClN4O3PS. The second-order valence-electron chi connectivity index (χ2n) is 8.08. The minimum Gasteiger partial charge on any atom is -0.338 e. The molecule has 1 aromatic heterocycles. The predicted molar refractivity (Wildman–Crippen MR) is 133 cm³/mol. The number of rotatable bonds is 7. The second-order valence-corrected chi connectivity index (χ2v) is 14.2. The number of hydrogen-bond donors (Lipinski definition) is 2. The van der Waals surface area contributed by atoms with Gasteiger partial charge in [-0.25, -0.2) is 13.4 Å². The van der Waals surface area contributed by atoms with Crippen molar-refractivity contribution in [1.82, 2.24) is 9.97 Å². The van der Waals surface area contributed by atoms with Gasteiger partial charge in [-0.05, 0) is 57.9 Å². The zero-order valence-electron chi connectivity index (χ0n) is 18.5. The van der Waals surface area contributed by atoms with E-state index >= 15 is 0 Å². The van der Waals surface area contributed by atoms with Gasteiger partial charge in [-0.1, -0.05) is 35.9 Å². The lowest BCUT2D eigenvalue weighted by molar-refractivity contribution is 0.587. The lowest BCUT2D eigenvalue weighted by atomic mass is 10.2. The van der Waals surface area contributed by atoms with E-state index in [4.69, 9.17) is 11.6 Å². The first-order chi connectivity index (χ1) is 14.9. The number of benzene rings is 2. The predicted octanol–water partition coefficient (Wildman–Crippen LogP) is 5.36. The summed E-state index contributed by atoms with van der Waals surface area (Å²) < 4.78 is 38.0. The van der Waals surface area contributed by atoms with Gasteiger partial charge in [0.2, 0.25) is 5.95 Å². The van der Waals surface area contributed by atoms with Crippen molar-refractivity contribution in [3.8, 4) is 0 Å². The lowest BCUT2D eigenvalue weighted by Gasteiger charge is -2.16. The highest BCUT2D eigenvalue weighted by Crippen LogP contribution is 2.36. The third-order valence-electron chi connectivity index (χ3n) is 4.90. The molecule has 32 heavy (non-hydrogen) atoms. The molecule has 7 nitrogen and oxygen atoms in total. The molecule has 170 valence electrons. The Labute approximate surface area is 193 Å². The maximum absolute atomic E-state index is 12.7. The normalized spacial score (nSPS) is 12.1. The monoisotopic (exact) mass is 492 g/mol. The maximum Gasteiger partial charge on any atom is 0.229 e. The SMILES string of the molecule is Cc1ccc(P(C)(C)=O)cc1Nc1ncc(Cl)c(Nc2ccccc2S(=O)(=O)C(C)C)n1. The summed E-state index contributed by atoms with van der Waals surface area (Å²) in [6.45, 7) is 8.61. The molecule has 3 aromatic rings. The zero-order valence-corrected chi connectivity index (χ0v) is 21.0. The van der Waals surface area contributed by atoms with Crippen LogP contribution in [0.5, 0.6) is 0 Å². The van der Waals surface area contributed by atoms with Crippen molar-refractivity contribution in [1.29, 1.82) is 0 Å². The summed E-state index contributed by atoms with van der Waals surface area (Å²) in [5, 5.41) is 6.58. The first-order valence-corrected chi connectivity index (χ1v) is 14.5. The minimum absolute atomic E-state index is 0.171. The van der Waals surface area contributed by atoms with E-state index < -0.39 is 22.2 Å². The number of anilines is 4. The fraction of sp³-hybridized carbons (Fsp3) is 0.273. The Morgan fingerprint density at radius 3 is 2.38 bits per heavy atom. The molecule has 0 aliphatic carbocycles. The van der Waals surface area contributed by atoms with Crippen molar-refractivity contribution in [2.24, 2.45) is 0 Å². The molecule has 0 amide bonds. The average molecular weight is 493 g/mol. The number of aryl methyl sites for hydroxylation is 1. The quantitative estimate of drug-likeness (QED) is 0.428. The van der Waals surface area contributed by atoms with Crippen LogP contribution in [0.1, 0.15) is 19.4 Å². The van der Waals surface area contributed by atoms with Crippen LogP contribution in [0.25, 0.3) is 0 Å². The Hall–Kier alpha value is -2.41. The van der Waals surface area contributed by atoms with Gasteiger partial charge in [0.05, 0.1) is 22.0 Å². The number of hydrogen-bond acceptors (Lipinski definition) is 7. The van der Waals surface area contributed by atoms with Crippen LogP contribution in [-0.4, -0.2) is 37.0 Å². The summed E-state index contributed by atoms with van der Waals surface area (Å²) in [6.07, 6.45) is 1.43. The fourth-order valence-electron chi connectivity index (χ4n) is 2.91.